The minimum Gasteiger partial charge on any atom is -0.218 e. The summed E-state index contributed by atoms with van der Waals surface area (Å²) in [6.45, 7) is 2.54. The van der Waals surface area contributed by atoms with Crippen LogP contribution < -0.4 is 5.90 Å². The van der Waals surface area contributed by atoms with Crippen molar-refractivity contribution in [2.45, 2.75) is 13.3 Å². The van der Waals surface area contributed by atoms with Gasteiger partial charge in [-0.2, -0.15) is 5.90 Å². The maximum absolute atomic E-state index is 4.49. The van der Waals surface area contributed by atoms with Crippen molar-refractivity contribution >= 4 is 0 Å². The lowest BCUT2D eigenvalue weighted by Crippen LogP contribution is -2.00. The highest BCUT2D eigenvalue weighted by atomic mass is 17.3. The Morgan fingerprint density at radius 2 is 2.33 bits per heavy atom. The van der Waals surface area contributed by atoms with Crippen LogP contribution in [0.1, 0.15) is 13.3 Å². The smallest absolute Gasteiger partial charge is 0.0839 e. The van der Waals surface area contributed by atoms with Gasteiger partial charge in [-0.1, -0.05) is 6.92 Å². The van der Waals surface area contributed by atoms with Crippen LogP contribution in [0, 0.1) is 0 Å². The lowest BCUT2D eigenvalue weighted by Gasteiger charge is -1.89. The number of rotatable bonds is 3. The summed E-state index contributed by atoms with van der Waals surface area (Å²) in [5.74, 6) is 4.49. The first-order chi connectivity index (χ1) is 2.91. The minimum absolute atomic E-state index is 0.566. The zero-order valence-electron chi connectivity index (χ0n) is 3.81. The minimum atomic E-state index is 0.566. The maximum atomic E-state index is 4.49. The summed E-state index contributed by atoms with van der Waals surface area (Å²) < 4.78 is 0. The second-order valence-electron chi connectivity index (χ2n) is 0.918. The molecule has 0 radical (unpaired) electrons. The molecule has 0 saturated carbocycles. The zero-order chi connectivity index (χ0) is 4.83. The van der Waals surface area contributed by atoms with Crippen LogP contribution in [0.15, 0.2) is 0 Å². The van der Waals surface area contributed by atoms with E-state index in [0.717, 1.165) is 6.42 Å². The van der Waals surface area contributed by atoms with Gasteiger partial charge in [-0.05, 0) is 6.42 Å². The van der Waals surface area contributed by atoms with Gasteiger partial charge in [0.2, 0.25) is 0 Å². The molecule has 0 aromatic heterocycles. The molecular formula is C3H9NO2. The Morgan fingerprint density at radius 3 is 2.50 bits per heavy atom. The summed E-state index contributed by atoms with van der Waals surface area (Å²) >= 11 is 0. The monoisotopic (exact) mass is 91.1 g/mol. The van der Waals surface area contributed by atoms with Crippen molar-refractivity contribution in [3.8, 4) is 0 Å². The molecule has 0 rings (SSSR count). The van der Waals surface area contributed by atoms with E-state index in [1.807, 2.05) is 6.92 Å². The molecule has 0 fully saturated rings. The largest absolute Gasteiger partial charge is 0.218 e. The molecule has 2 N–H and O–H groups in total. The van der Waals surface area contributed by atoms with E-state index in [2.05, 4.69) is 15.8 Å². The van der Waals surface area contributed by atoms with Crippen molar-refractivity contribution in [2.24, 2.45) is 5.90 Å². The first kappa shape index (κ1) is 5.88. The van der Waals surface area contributed by atoms with Crippen molar-refractivity contribution in [1.29, 1.82) is 0 Å². The van der Waals surface area contributed by atoms with E-state index >= 15 is 0 Å². The Labute approximate surface area is 36.9 Å². The summed E-state index contributed by atoms with van der Waals surface area (Å²) in [6, 6.07) is 0. The van der Waals surface area contributed by atoms with Crippen LogP contribution in [0.5, 0.6) is 0 Å². The van der Waals surface area contributed by atoms with E-state index in [1.165, 1.54) is 0 Å². The average Bonchev–Trinajstić information content (AvgIpc) is 1.61. The Bertz CT molecular complexity index is 20.8. The van der Waals surface area contributed by atoms with Crippen LogP contribution in [0.2, 0.25) is 0 Å². The molecule has 0 atom stereocenters. The molecule has 0 amide bonds. The van der Waals surface area contributed by atoms with E-state index in [4.69, 9.17) is 0 Å². The van der Waals surface area contributed by atoms with Crippen molar-refractivity contribution in [1.82, 2.24) is 0 Å². The van der Waals surface area contributed by atoms with Crippen molar-refractivity contribution < 1.29 is 9.88 Å². The standard InChI is InChI=1S/C3H9NO2/c1-2-3-5-6-4/h2-4H2,1H3. The molecular weight excluding hydrogens is 82.0 g/mol. The third-order valence-electron chi connectivity index (χ3n) is 0.355. The summed E-state index contributed by atoms with van der Waals surface area (Å²) in [5.41, 5.74) is 0. The first-order valence-corrected chi connectivity index (χ1v) is 1.90. The molecule has 3 heteroatoms. The predicted molar refractivity (Wildman–Crippen MR) is 21.5 cm³/mol. The highest BCUT2D eigenvalue weighted by molar-refractivity contribution is 4.13. The summed E-state index contributed by atoms with van der Waals surface area (Å²) in [4.78, 5) is 8.04. The van der Waals surface area contributed by atoms with E-state index in [-0.39, 0.29) is 0 Å². The Morgan fingerprint density at radius 1 is 1.67 bits per heavy atom. The molecule has 3 nitrogen and oxygen atoms in total. The van der Waals surface area contributed by atoms with Gasteiger partial charge >= 0.3 is 0 Å². The molecule has 6 heavy (non-hydrogen) atoms. The van der Waals surface area contributed by atoms with Crippen LogP contribution >= 0.6 is 0 Å². The van der Waals surface area contributed by atoms with Gasteiger partial charge in [0.25, 0.3) is 0 Å². The van der Waals surface area contributed by atoms with E-state index in [1.54, 1.807) is 0 Å². The van der Waals surface area contributed by atoms with Crippen LogP contribution in [0.3, 0.4) is 0 Å². The third-order valence-corrected chi connectivity index (χ3v) is 0.355. The van der Waals surface area contributed by atoms with Gasteiger partial charge in [-0.25, -0.2) is 4.89 Å². The SMILES string of the molecule is CCCOON. The number of hydrogen-bond donors (Lipinski definition) is 1. The Kier molecular flexibility index (Phi) is 4.78. The molecule has 0 aliphatic carbocycles. The predicted octanol–water partition coefficient (Wildman–Crippen LogP) is 0.218. The summed E-state index contributed by atoms with van der Waals surface area (Å²) in [7, 11) is 0. The number of hydrogen-bond acceptors (Lipinski definition) is 3. The van der Waals surface area contributed by atoms with E-state index < -0.39 is 0 Å². The second kappa shape index (κ2) is 4.88. The molecule has 0 saturated heterocycles. The van der Waals surface area contributed by atoms with Crippen LogP contribution in [0.4, 0.5) is 0 Å². The van der Waals surface area contributed by atoms with Gasteiger partial charge in [0, 0.05) is 0 Å². The lowest BCUT2D eigenvalue weighted by molar-refractivity contribution is -0.299. The third kappa shape index (κ3) is 3.88. The molecule has 0 aromatic rings. The van der Waals surface area contributed by atoms with Crippen LogP contribution in [-0.2, 0) is 9.88 Å². The van der Waals surface area contributed by atoms with Gasteiger partial charge in [0.1, 0.15) is 0 Å². The van der Waals surface area contributed by atoms with Crippen LogP contribution in [0.25, 0.3) is 0 Å². The molecule has 0 spiro atoms. The van der Waals surface area contributed by atoms with Crippen LogP contribution in [-0.4, -0.2) is 6.61 Å². The van der Waals surface area contributed by atoms with Crippen molar-refractivity contribution in [3.63, 3.8) is 0 Å². The van der Waals surface area contributed by atoms with Gasteiger partial charge < -0.3 is 0 Å². The zero-order valence-corrected chi connectivity index (χ0v) is 3.81. The second-order valence-corrected chi connectivity index (χ2v) is 0.918. The highest BCUT2D eigenvalue weighted by Gasteiger charge is 1.74. The van der Waals surface area contributed by atoms with E-state index in [9.17, 15) is 0 Å². The molecule has 0 unspecified atom stereocenters. The molecule has 0 bridgehead atoms. The fourth-order valence-electron chi connectivity index (χ4n) is 0.131. The lowest BCUT2D eigenvalue weighted by atomic mass is 10.5. The molecule has 0 aromatic carbocycles. The molecule has 0 aliphatic heterocycles. The topological polar surface area (TPSA) is 44.5 Å². The average molecular weight is 91.1 g/mol. The fraction of sp³-hybridized carbons (Fsp3) is 1.00. The van der Waals surface area contributed by atoms with Crippen molar-refractivity contribution in [3.05, 3.63) is 0 Å². The van der Waals surface area contributed by atoms with Gasteiger partial charge in [0.15, 0.2) is 0 Å². The highest BCUT2D eigenvalue weighted by Crippen LogP contribution is 1.74. The van der Waals surface area contributed by atoms with Gasteiger partial charge in [-0.3, -0.25) is 0 Å². The normalized spacial score (nSPS) is 9.00. The van der Waals surface area contributed by atoms with Gasteiger partial charge in [0.05, 0.1) is 6.61 Å². The fourth-order valence-corrected chi connectivity index (χ4v) is 0.131. The Hall–Kier alpha value is -0.120. The molecule has 0 heterocycles. The van der Waals surface area contributed by atoms with Crippen molar-refractivity contribution in [2.75, 3.05) is 6.61 Å². The molecule has 0 aliphatic rings. The summed E-state index contributed by atoms with van der Waals surface area (Å²) in [5, 5.41) is 0. The first-order valence-electron chi connectivity index (χ1n) is 1.90. The van der Waals surface area contributed by atoms with Gasteiger partial charge in [-0.15, -0.1) is 4.99 Å². The maximum Gasteiger partial charge on any atom is 0.0839 e. The Balaban J connectivity index is 2.34. The molecule has 38 valence electrons. The van der Waals surface area contributed by atoms with E-state index in [0.29, 0.717) is 6.61 Å². The summed E-state index contributed by atoms with van der Waals surface area (Å²) in [6.07, 6.45) is 0.928. The number of nitrogens with two attached hydrogens (primary N) is 1. The quantitative estimate of drug-likeness (QED) is 0.307.